The first-order valence-corrected chi connectivity index (χ1v) is 8.43. The van der Waals surface area contributed by atoms with E-state index in [9.17, 15) is 4.79 Å². The molecule has 0 aliphatic carbocycles. The number of nitrogens with one attached hydrogen (secondary N) is 1. The van der Waals surface area contributed by atoms with E-state index in [4.69, 9.17) is 18.6 Å². The topological polar surface area (TPSA) is 130 Å². The maximum absolute atomic E-state index is 11.8. The van der Waals surface area contributed by atoms with E-state index in [2.05, 4.69) is 25.9 Å². The summed E-state index contributed by atoms with van der Waals surface area (Å²) in [5.74, 6) is 0.503. The Bertz CT molecular complexity index is 553. The van der Waals surface area contributed by atoms with Crippen molar-refractivity contribution in [1.82, 2.24) is 9.97 Å². The van der Waals surface area contributed by atoms with Crippen molar-refractivity contribution in [3.05, 3.63) is 46.7 Å². The van der Waals surface area contributed by atoms with Gasteiger partial charge in [-0.15, -0.1) is 0 Å². The van der Waals surface area contributed by atoms with E-state index in [1.165, 1.54) is 11.8 Å². The molecular formula is C11H12BrClN2O5S. The summed E-state index contributed by atoms with van der Waals surface area (Å²) < 4.78 is 31.2. The molecule has 0 saturated carbocycles. The molecule has 0 saturated heterocycles. The quantitative estimate of drug-likeness (QED) is 0.429. The third-order valence-electron chi connectivity index (χ3n) is 1.98. The number of nitrogens with zero attached hydrogens (tertiary/aromatic N) is 1. The van der Waals surface area contributed by atoms with Crippen molar-refractivity contribution < 1.29 is 33.7 Å². The van der Waals surface area contributed by atoms with Crippen LogP contribution in [0.15, 0.2) is 46.3 Å². The summed E-state index contributed by atoms with van der Waals surface area (Å²) in [6.07, 6.45) is 3.42. The molecule has 0 amide bonds. The van der Waals surface area contributed by atoms with Gasteiger partial charge in [0.1, 0.15) is 0 Å². The van der Waals surface area contributed by atoms with Gasteiger partial charge in [-0.1, -0.05) is 39.8 Å². The van der Waals surface area contributed by atoms with Gasteiger partial charge in [-0.2, -0.15) is 0 Å². The standard InChI is InChI=1S/C11H9BrN2OS.ClH3O4/c12-9-3-1-8(2-4-9)10(15)7-16-11-13-5-6-14-11;2-1(3,4)5/h1-6H,7H2,(H,13,14);2-4H. The SMILES string of the molecule is O=C(CSc1ncc[nH]1)c1ccc(Br)cc1.[O-][Cl+](O)(O)O. The number of thioether (sulfide) groups is 1. The average Bonchev–Trinajstić information content (AvgIpc) is 2.88. The fourth-order valence-electron chi connectivity index (χ4n) is 1.18. The van der Waals surface area contributed by atoms with Gasteiger partial charge in [0.2, 0.25) is 0 Å². The van der Waals surface area contributed by atoms with Crippen molar-refractivity contribution in [2.75, 3.05) is 5.75 Å². The van der Waals surface area contributed by atoms with Crippen LogP contribution in [0, 0.1) is 10.2 Å². The molecule has 0 fully saturated rings. The van der Waals surface area contributed by atoms with Gasteiger partial charge in [0.15, 0.2) is 10.9 Å². The Kier molecular flexibility index (Phi) is 7.32. The number of Topliss-reactive ketones (excluding diaryl/α,β-unsaturated/α-hetero) is 1. The molecule has 116 valence electrons. The monoisotopic (exact) mass is 398 g/mol. The van der Waals surface area contributed by atoms with Crippen molar-refractivity contribution in [2.45, 2.75) is 5.16 Å². The summed E-state index contributed by atoms with van der Waals surface area (Å²) in [5, 5.41) is 0.769. The zero-order valence-electron chi connectivity index (χ0n) is 10.4. The van der Waals surface area contributed by atoms with Crippen molar-refractivity contribution in [3.63, 3.8) is 0 Å². The Morgan fingerprint density at radius 2 is 1.90 bits per heavy atom. The molecule has 1 aromatic heterocycles. The van der Waals surface area contributed by atoms with Crippen LogP contribution < -0.4 is 4.66 Å². The van der Waals surface area contributed by atoms with Gasteiger partial charge < -0.3 is 4.98 Å². The first-order chi connectivity index (χ1) is 9.75. The fraction of sp³-hybridized carbons (Fsp3) is 0.0909. The summed E-state index contributed by atoms with van der Waals surface area (Å²) in [6.45, 7) is 0. The Hall–Kier alpha value is -0.940. The zero-order chi connectivity index (χ0) is 15.9. The number of aromatic nitrogens is 2. The predicted octanol–water partition coefficient (Wildman–Crippen LogP) is 0.287. The molecule has 10 heteroatoms. The number of H-pyrrole nitrogens is 1. The van der Waals surface area contributed by atoms with Crippen molar-refractivity contribution >= 4 is 33.5 Å². The molecule has 2 aromatic rings. The van der Waals surface area contributed by atoms with E-state index < -0.39 is 10.2 Å². The van der Waals surface area contributed by atoms with Crippen LogP contribution in [0.25, 0.3) is 0 Å². The molecule has 2 rings (SSSR count). The second-order valence-corrected chi connectivity index (χ2v) is 6.29. The number of carbonyl (C=O) groups is 1. The van der Waals surface area contributed by atoms with Crippen molar-refractivity contribution in [2.24, 2.45) is 0 Å². The molecule has 7 nitrogen and oxygen atoms in total. The summed E-state index contributed by atoms with van der Waals surface area (Å²) >= 11 is 4.74. The van der Waals surface area contributed by atoms with Crippen LogP contribution in [0.4, 0.5) is 0 Å². The van der Waals surface area contributed by atoms with Gasteiger partial charge in [-0.05, 0) is 12.1 Å². The number of carbonyl (C=O) groups excluding carboxylic acids is 1. The van der Waals surface area contributed by atoms with Gasteiger partial charge >= 0.3 is 28.9 Å². The van der Waals surface area contributed by atoms with E-state index in [-0.39, 0.29) is 5.78 Å². The number of aromatic amines is 1. The molecule has 0 aliphatic rings. The first kappa shape index (κ1) is 18.1. The van der Waals surface area contributed by atoms with Gasteiger partial charge in [-0.25, -0.2) is 4.98 Å². The zero-order valence-corrected chi connectivity index (χ0v) is 13.6. The van der Waals surface area contributed by atoms with Crippen LogP contribution in [0.2, 0.25) is 0 Å². The molecule has 21 heavy (non-hydrogen) atoms. The van der Waals surface area contributed by atoms with E-state index in [0.717, 1.165) is 15.2 Å². The van der Waals surface area contributed by atoms with Gasteiger partial charge in [0.25, 0.3) is 0 Å². The van der Waals surface area contributed by atoms with Crippen molar-refractivity contribution in [3.8, 4) is 0 Å². The van der Waals surface area contributed by atoms with E-state index >= 15 is 0 Å². The number of ketones is 1. The van der Waals surface area contributed by atoms with E-state index in [0.29, 0.717) is 5.75 Å². The molecule has 0 atom stereocenters. The molecule has 0 aliphatic heterocycles. The Morgan fingerprint density at radius 3 is 2.38 bits per heavy atom. The summed E-state index contributed by atoms with van der Waals surface area (Å²) in [7, 11) is -4.19. The molecule has 0 spiro atoms. The maximum atomic E-state index is 11.8. The number of hydrogen-bond acceptors (Lipinski definition) is 7. The van der Waals surface area contributed by atoms with Crippen molar-refractivity contribution in [1.29, 1.82) is 0 Å². The Morgan fingerprint density at radius 1 is 1.33 bits per heavy atom. The summed E-state index contributed by atoms with van der Waals surface area (Å²) in [5.41, 5.74) is 0.724. The Labute approximate surface area is 134 Å². The van der Waals surface area contributed by atoms with Crippen LogP contribution in [-0.2, 0) is 0 Å². The minimum atomic E-state index is -4.19. The van der Waals surface area contributed by atoms with E-state index in [1.54, 1.807) is 12.4 Å². The van der Waals surface area contributed by atoms with Crippen LogP contribution in [0.1, 0.15) is 10.4 Å². The normalized spacial score (nSPS) is 11.5. The van der Waals surface area contributed by atoms with Crippen LogP contribution in [-0.4, -0.2) is 35.5 Å². The fourth-order valence-corrected chi connectivity index (χ4v) is 2.17. The summed E-state index contributed by atoms with van der Waals surface area (Å²) in [6, 6.07) is 7.36. The number of halogens is 2. The van der Waals surface area contributed by atoms with Gasteiger partial charge in [0, 0.05) is 22.4 Å². The Balaban J connectivity index is 0.000000383. The van der Waals surface area contributed by atoms with Crippen LogP contribution >= 0.6 is 27.7 Å². The molecule has 0 unspecified atom stereocenters. The minimum absolute atomic E-state index is 0.105. The molecule has 4 N–H and O–H groups in total. The van der Waals surface area contributed by atoms with Gasteiger partial charge in [-0.3, -0.25) is 4.79 Å². The third-order valence-corrected chi connectivity index (χ3v) is 3.41. The molecular weight excluding hydrogens is 388 g/mol. The number of rotatable bonds is 4. The molecule has 0 radical (unpaired) electrons. The third kappa shape index (κ3) is 8.83. The molecule has 1 aromatic carbocycles. The number of benzene rings is 1. The predicted molar refractivity (Wildman–Crippen MR) is 74.4 cm³/mol. The average molecular weight is 400 g/mol. The molecule has 0 bridgehead atoms. The van der Waals surface area contributed by atoms with Crippen LogP contribution in [0.5, 0.6) is 0 Å². The second-order valence-electron chi connectivity index (χ2n) is 3.55. The van der Waals surface area contributed by atoms with Gasteiger partial charge in [0.05, 0.1) is 5.75 Å². The first-order valence-electron chi connectivity index (χ1n) is 5.33. The number of imidazole rings is 1. The number of hydrogen-bond donors (Lipinski definition) is 4. The van der Waals surface area contributed by atoms with Crippen LogP contribution in [0.3, 0.4) is 0 Å². The van der Waals surface area contributed by atoms with E-state index in [1.807, 2.05) is 24.3 Å². The summed E-state index contributed by atoms with van der Waals surface area (Å²) in [4.78, 5) is 18.8. The molecule has 1 heterocycles. The second kappa shape index (κ2) is 8.49.